The van der Waals surface area contributed by atoms with Crippen molar-refractivity contribution >= 4 is 52.5 Å². The summed E-state index contributed by atoms with van der Waals surface area (Å²) >= 11 is 19.7. The largest absolute Gasteiger partial charge is 0.481 e. The minimum Gasteiger partial charge on any atom is -0.481 e. The summed E-state index contributed by atoms with van der Waals surface area (Å²) in [6.07, 6.45) is -0.579. The number of amides is 1. The van der Waals surface area contributed by atoms with E-state index in [9.17, 15) is 4.79 Å². The number of ether oxygens (including phenoxy) is 1. The number of carbonyl (C=O) groups excluding carboxylic acids is 1. The lowest BCUT2D eigenvalue weighted by Gasteiger charge is -2.14. The lowest BCUT2D eigenvalue weighted by atomic mass is 10.2. The van der Waals surface area contributed by atoms with Crippen LogP contribution >= 0.6 is 46.6 Å². The summed E-state index contributed by atoms with van der Waals surface area (Å²) in [7, 11) is 0. The van der Waals surface area contributed by atoms with Crippen molar-refractivity contribution in [2.45, 2.75) is 18.8 Å². The fraction of sp³-hybridized carbons (Fsp3) is 0.278. The lowest BCUT2D eigenvalue weighted by molar-refractivity contribution is -0.127. The van der Waals surface area contributed by atoms with Crippen molar-refractivity contribution in [3.05, 3.63) is 63.1 Å². The van der Waals surface area contributed by atoms with Crippen LogP contribution in [0.1, 0.15) is 12.5 Å². The van der Waals surface area contributed by atoms with Gasteiger partial charge in [0.15, 0.2) is 6.10 Å². The van der Waals surface area contributed by atoms with Gasteiger partial charge in [-0.3, -0.25) is 4.79 Å². The van der Waals surface area contributed by atoms with E-state index in [2.05, 4.69) is 5.32 Å². The second-order valence-corrected chi connectivity index (χ2v) is 7.61. The summed E-state index contributed by atoms with van der Waals surface area (Å²) in [5, 5.41) is 4.80. The van der Waals surface area contributed by atoms with Crippen molar-refractivity contribution in [2.24, 2.45) is 0 Å². The smallest absolute Gasteiger partial charge is 0.260 e. The second-order valence-electron chi connectivity index (χ2n) is 5.26. The summed E-state index contributed by atoms with van der Waals surface area (Å²) in [5.74, 6) is 1.90. The number of halogens is 3. The molecule has 7 heteroatoms. The molecule has 1 unspecified atom stereocenters. The molecule has 0 aliphatic carbocycles. The molecule has 0 heterocycles. The van der Waals surface area contributed by atoms with Crippen LogP contribution in [0.25, 0.3) is 0 Å². The Kier molecular flexibility index (Phi) is 8.24. The molecule has 0 aliphatic rings. The molecule has 1 amide bonds. The third-order valence-corrected chi connectivity index (χ3v) is 5.30. The van der Waals surface area contributed by atoms with Crippen LogP contribution < -0.4 is 10.1 Å². The quantitative estimate of drug-likeness (QED) is 0.578. The molecule has 0 radical (unpaired) electrons. The van der Waals surface area contributed by atoms with Crippen LogP contribution in [0.2, 0.25) is 15.1 Å². The first-order valence-electron chi connectivity index (χ1n) is 7.68. The van der Waals surface area contributed by atoms with Crippen molar-refractivity contribution in [1.29, 1.82) is 0 Å². The van der Waals surface area contributed by atoms with Gasteiger partial charge in [0, 0.05) is 33.1 Å². The highest BCUT2D eigenvalue weighted by atomic mass is 35.5. The Morgan fingerprint density at radius 2 is 1.76 bits per heavy atom. The predicted octanol–water partition coefficient (Wildman–Crippen LogP) is 5.46. The molecular weight excluding hydrogens is 401 g/mol. The Labute approximate surface area is 167 Å². The predicted molar refractivity (Wildman–Crippen MR) is 107 cm³/mol. The van der Waals surface area contributed by atoms with Gasteiger partial charge in [-0.1, -0.05) is 40.9 Å². The highest BCUT2D eigenvalue weighted by Crippen LogP contribution is 2.28. The zero-order chi connectivity index (χ0) is 18.2. The van der Waals surface area contributed by atoms with Crippen molar-refractivity contribution < 1.29 is 9.53 Å². The molecule has 1 atom stereocenters. The summed E-state index contributed by atoms with van der Waals surface area (Å²) in [5.41, 5.74) is 0.918. The van der Waals surface area contributed by atoms with Gasteiger partial charge in [-0.15, -0.1) is 0 Å². The fourth-order valence-corrected chi connectivity index (χ4v) is 3.73. The summed E-state index contributed by atoms with van der Waals surface area (Å²) in [6, 6.07) is 12.4. The molecule has 134 valence electrons. The molecule has 0 saturated carbocycles. The van der Waals surface area contributed by atoms with Gasteiger partial charge in [-0.25, -0.2) is 0 Å². The van der Waals surface area contributed by atoms with E-state index in [-0.39, 0.29) is 5.91 Å². The minimum atomic E-state index is -0.579. The fourth-order valence-electron chi connectivity index (χ4n) is 2.01. The third kappa shape index (κ3) is 6.63. The number of carbonyl (C=O) groups is 1. The van der Waals surface area contributed by atoms with Gasteiger partial charge in [-0.05, 0) is 48.9 Å². The first-order valence-corrected chi connectivity index (χ1v) is 9.97. The molecule has 2 aromatic carbocycles. The Bertz CT molecular complexity index is 690. The van der Waals surface area contributed by atoms with Crippen LogP contribution in [0.3, 0.4) is 0 Å². The van der Waals surface area contributed by atoms with Crippen LogP contribution in [0, 0.1) is 0 Å². The topological polar surface area (TPSA) is 38.3 Å². The van der Waals surface area contributed by atoms with Gasteiger partial charge < -0.3 is 10.1 Å². The van der Waals surface area contributed by atoms with E-state index in [1.165, 1.54) is 0 Å². The first kappa shape index (κ1) is 20.2. The first-order chi connectivity index (χ1) is 12.0. The molecule has 2 rings (SSSR count). The van der Waals surface area contributed by atoms with Crippen LogP contribution in [-0.4, -0.2) is 24.3 Å². The molecule has 1 N–H and O–H groups in total. The van der Waals surface area contributed by atoms with Gasteiger partial charge in [0.05, 0.1) is 0 Å². The standard InChI is InChI=1S/C18H18Cl3NO2S/c1-12(24-14-7-5-13(19)6-8-14)18(23)22-9-10-25-11-15-16(20)3-2-4-17(15)21/h2-8,12H,9-11H2,1H3,(H,22,23). The average molecular weight is 419 g/mol. The maximum atomic E-state index is 12.0. The number of hydrogen-bond donors (Lipinski definition) is 1. The number of nitrogens with one attached hydrogen (secondary N) is 1. The zero-order valence-corrected chi connectivity index (χ0v) is 16.7. The lowest BCUT2D eigenvalue weighted by Crippen LogP contribution is -2.37. The second kappa shape index (κ2) is 10.2. The van der Waals surface area contributed by atoms with Crippen LogP contribution in [0.5, 0.6) is 5.75 Å². The van der Waals surface area contributed by atoms with E-state index in [1.54, 1.807) is 43.0 Å². The van der Waals surface area contributed by atoms with E-state index in [1.807, 2.05) is 18.2 Å². The summed E-state index contributed by atoms with van der Waals surface area (Å²) in [6.45, 7) is 2.25. The maximum Gasteiger partial charge on any atom is 0.260 e. The van der Waals surface area contributed by atoms with Crippen molar-refractivity contribution in [3.8, 4) is 5.75 Å². The minimum absolute atomic E-state index is 0.161. The van der Waals surface area contributed by atoms with Crippen LogP contribution in [0.4, 0.5) is 0 Å². The number of rotatable bonds is 8. The highest BCUT2D eigenvalue weighted by Gasteiger charge is 2.14. The molecule has 25 heavy (non-hydrogen) atoms. The summed E-state index contributed by atoms with van der Waals surface area (Å²) in [4.78, 5) is 12.0. The van der Waals surface area contributed by atoms with Gasteiger partial charge in [0.1, 0.15) is 5.75 Å². The van der Waals surface area contributed by atoms with Gasteiger partial charge in [-0.2, -0.15) is 11.8 Å². The Morgan fingerprint density at radius 1 is 1.12 bits per heavy atom. The molecular formula is C18H18Cl3NO2S. The number of hydrogen-bond acceptors (Lipinski definition) is 3. The van der Waals surface area contributed by atoms with Crippen molar-refractivity contribution in [3.63, 3.8) is 0 Å². The average Bonchev–Trinajstić information content (AvgIpc) is 2.58. The van der Waals surface area contributed by atoms with Crippen molar-refractivity contribution in [2.75, 3.05) is 12.3 Å². The van der Waals surface area contributed by atoms with E-state index in [0.29, 0.717) is 33.1 Å². The molecule has 0 aromatic heterocycles. The zero-order valence-electron chi connectivity index (χ0n) is 13.6. The monoisotopic (exact) mass is 417 g/mol. The van der Waals surface area contributed by atoms with Crippen LogP contribution in [0.15, 0.2) is 42.5 Å². The Morgan fingerprint density at radius 3 is 2.40 bits per heavy atom. The van der Waals surface area contributed by atoms with E-state index in [4.69, 9.17) is 39.5 Å². The van der Waals surface area contributed by atoms with E-state index < -0.39 is 6.10 Å². The Hall–Kier alpha value is -1.07. The van der Waals surface area contributed by atoms with Crippen LogP contribution in [-0.2, 0) is 10.5 Å². The molecule has 0 spiro atoms. The number of thioether (sulfide) groups is 1. The molecule has 0 saturated heterocycles. The van der Waals surface area contributed by atoms with Gasteiger partial charge in [0.2, 0.25) is 0 Å². The molecule has 2 aromatic rings. The van der Waals surface area contributed by atoms with Crippen molar-refractivity contribution in [1.82, 2.24) is 5.32 Å². The third-order valence-electron chi connectivity index (χ3n) is 3.35. The van der Waals surface area contributed by atoms with E-state index >= 15 is 0 Å². The molecule has 0 aliphatic heterocycles. The molecule has 0 fully saturated rings. The maximum absolute atomic E-state index is 12.0. The normalized spacial score (nSPS) is 11.8. The van der Waals surface area contributed by atoms with Gasteiger partial charge >= 0.3 is 0 Å². The summed E-state index contributed by atoms with van der Waals surface area (Å²) < 4.78 is 5.58. The van der Waals surface area contributed by atoms with Gasteiger partial charge in [0.25, 0.3) is 5.91 Å². The molecule has 0 bridgehead atoms. The molecule has 3 nitrogen and oxygen atoms in total. The Balaban J connectivity index is 1.68. The highest BCUT2D eigenvalue weighted by molar-refractivity contribution is 7.98. The SMILES string of the molecule is CC(Oc1ccc(Cl)cc1)C(=O)NCCSCc1c(Cl)cccc1Cl. The van der Waals surface area contributed by atoms with E-state index in [0.717, 1.165) is 11.3 Å². The number of benzene rings is 2.